The summed E-state index contributed by atoms with van der Waals surface area (Å²) >= 11 is 0. The molecular formula is C16H14N2. The summed E-state index contributed by atoms with van der Waals surface area (Å²) in [5.41, 5.74) is 3.71. The number of aryl methyl sites for hydroxylation is 2. The molecule has 0 bridgehead atoms. The SMILES string of the molecule is c1ccc(CCc2cccc3ncncc23)cc1. The van der Waals surface area contributed by atoms with Crippen molar-refractivity contribution in [3.05, 3.63) is 72.2 Å². The van der Waals surface area contributed by atoms with Crippen LogP contribution in [0.1, 0.15) is 11.1 Å². The van der Waals surface area contributed by atoms with E-state index in [1.165, 1.54) is 11.1 Å². The van der Waals surface area contributed by atoms with Crippen LogP contribution in [0.3, 0.4) is 0 Å². The van der Waals surface area contributed by atoms with E-state index in [9.17, 15) is 0 Å². The van der Waals surface area contributed by atoms with Gasteiger partial charge in [0, 0.05) is 11.6 Å². The second-order valence-corrected chi connectivity index (χ2v) is 4.36. The largest absolute Gasteiger partial charge is 0.244 e. The molecule has 0 spiro atoms. The molecule has 0 fully saturated rings. The Labute approximate surface area is 106 Å². The van der Waals surface area contributed by atoms with Gasteiger partial charge in [0.05, 0.1) is 5.52 Å². The standard InChI is InChI=1S/C16H14N2/c1-2-5-13(6-3-1)9-10-14-7-4-8-16-15(14)11-17-12-18-16/h1-8,11-12H,9-10H2. The van der Waals surface area contributed by atoms with Crippen LogP contribution in [0.25, 0.3) is 10.9 Å². The normalized spacial score (nSPS) is 10.7. The van der Waals surface area contributed by atoms with Gasteiger partial charge in [-0.3, -0.25) is 0 Å². The maximum atomic E-state index is 4.29. The van der Waals surface area contributed by atoms with Crippen molar-refractivity contribution in [2.75, 3.05) is 0 Å². The fraction of sp³-hybridized carbons (Fsp3) is 0.125. The average Bonchev–Trinajstić information content (AvgIpc) is 2.46. The van der Waals surface area contributed by atoms with E-state index < -0.39 is 0 Å². The molecule has 0 N–H and O–H groups in total. The molecule has 2 aromatic carbocycles. The third-order valence-corrected chi connectivity index (χ3v) is 3.17. The highest BCUT2D eigenvalue weighted by Gasteiger charge is 2.02. The molecule has 0 saturated heterocycles. The first-order valence-electron chi connectivity index (χ1n) is 6.15. The van der Waals surface area contributed by atoms with E-state index in [-0.39, 0.29) is 0 Å². The first-order chi connectivity index (χ1) is 8.93. The van der Waals surface area contributed by atoms with Gasteiger partial charge in [0.15, 0.2) is 0 Å². The Bertz CT molecular complexity index is 642. The summed E-state index contributed by atoms with van der Waals surface area (Å²) in [5.74, 6) is 0. The molecule has 0 amide bonds. The van der Waals surface area contributed by atoms with Gasteiger partial charge in [0.1, 0.15) is 6.33 Å². The minimum atomic E-state index is 1.02. The average molecular weight is 234 g/mol. The van der Waals surface area contributed by atoms with E-state index in [4.69, 9.17) is 0 Å². The molecule has 1 heterocycles. The molecule has 0 atom stereocenters. The maximum absolute atomic E-state index is 4.29. The zero-order valence-electron chi connectivity index (χ0n) is 10.1. The van der Waals surface area contributed by atoms with Crippen molar-refractivity contribution >= 4 is 10.9 Å². The fourth-order valence-corrected chi connectivity index (χ4v) is 2.21. The number of hydrogen-bond acceptors (Lipinski definition) is 2. The Morgan fingerprint density at radius 1 is 0.833 bits per heavy atom. The zero-order chi connectivity index (χ0) is 12.2. The summed E-state index contributed by atoms with van der Waals surface area (Å²) in [6.07, 6.45) is 5.58. The molecule has 3 aromatic rings. The lowest BCUT2D eigenvalue weighted by atomic mass is 10.0. The number of fused-ring (bicyclic) bond motifs is 1. The molecule has 0 aliphatic heterocycles. The molecule has 2 heteroatoms. The van der Waals surface area contributed by atoms with Gasteiger partial charge < -0.3 is 0 Å². The number of aromatic nitrogens is 2. The summed E-state index contributed by atoms with van der Waals surface area (Å²) in [5, 5.41) is 1.16. The van der Waals surface area contributed by atoms with Crippen molar-refractivity contribution in [3.8, 4) is 0 Å². The summed E-state index contributed by atoms with van der Waals surface area (Å²) in [7, 11) is 0. The van der Waals surface area contributed by atoms with E-state index >= 15 is 0 Å². The van der Waals surface area contributed by atoms with E-state index in [2.05, 4.69) is 52.4 Å². The molecule has 88 valence electrons. The van der Waals surface area contributed by atoms with E-state index in [1.54, 1.807) is 6.33 Å². The van der Waals surface area contributed by atoms with Crippen LogP contribution in [0.5, 0.6) is 0 Å². The maximum Gasteiger partial charge on any atom is 0.116 e. The highest BCUT2D eigenvalue weighted by Crippen LogP contribution is 2.17. The van der Waals surface area contributed by atoms with Crippen LogP contribution < -0.4 is 0 Å². The zero-order valence-corrected chi connectivity index (χ0v) is 10.1. The summed E-state index contributed by atoms with van der Waals surface area (Å²) in [6.45, 7) is 0. The summed E-state index contributed by atoms with van der Waals surface area (Å²) < 4.78 is 0. The lowest BCUT2D eigenvalue weighted by Crippen LogP contribution is -1.93. The number of hydrogen-bond donors (Lipinski definition) is 0. The van der Waals surface area contributed by atoms with Crippen LogP contribution >= 0.6 is 0 Å². The van der Waals surface area contributed by atoms with Crippen molar-refractivity contribution < 1.29 is 0 Å². The van der Waals surface area contributed by atoms with Gasteiger partial charge in [-0.2, -0.15) is 0 Å². The molecule has 0 radical (unpaired) electrons. The molecule has 2 nitrogen and oxygen atoms in total. The molecule has 1 aromatic heterocycles. The Kier molecular flexibility index (Phi) is 3.01. The Morgan fingerprint density at radius 3 is 2.61 bits per heavy atom. The number of benzene rings is 2. The predicted octanol–water partition coefficient (Wildman–Crippen LogP) is 3.42. The molecular weight excluding hydrogens is 220 g/mol. The van der Waals surface area contributed by atoms with Gasteiger partial charge in [-0.05, 0) is 30.0 Å². The van der Waals surface area contributed by atoms with Crippen molar-refractivity contribution in [2.45, 2.75) is 12.8 Å². The van der Waals surface area contributed by atoms with Crippen molar-refractivity contribution in [1.29, 1.82) is 0 Å². The second kappa shape index (κ2) is 4.96. The summed E-state index contributed by atoms with van der Waals surface area (Å²) in [4.78, 5) is 8.40. The lowest BCUT2D eigenvalue weighted by molar-refractivity contribution is 0.967. The Balaban J connectivity index is 1.87. The van der Waals surface area contributed by atoms with Gasteiger partial charge >= 0.3 is 0 Å². The van der Waals surface area contributed by atoms with Crippen LogP contribution in [0, 0.1) is 0 Å². The fourth-order valence-electron chi connectivity index (χ4n) is 2.21. The van der Waals surface area contributed by atoms with Gasteiger partial charge in [-0.25, -0.2) is 9.97 Å². The minimum absolute atomic E-state index is 1.02. The van der Waals surface area contributed by atoms with Crippen LogP contribution in [-0.2, 0) is 12.8 Å². The van der Waals surface area contributed by atoms with Crippen LogP contribution in [0.4, 0.5) is 0 Å². The van der Waals surface area contributed by atoms with Gasteiger partial charge in [0.2, 0.25) is 0 Å². The second-order valence-electron chi connectivity index (χ2n) is 4.36. The van der Waals surface area contributed by atoms with Gasteiger partial charge in [-0.1, -0.05) is 42.5 Å². The number of nitrogens with zero attached hydrogens (tertiary/aromatic N) is 2. The van der Waals surface area contributed by atoms with Gasteiger partial charge in [-0.15, -0.1) is 0 Å². The third kappa shape index (κ3) is 2.23. The van der Waals surface area contributed by atoms with E-state index in [1.807, 2.05) is 12.3 Å². The summed E-state index contributed by atoms with van der Waals surface area (Å²) in [6, 6.07) is 16.8. The molecule has 3 rings (SSSR count). The van der Waals surface area contributed by atoms with Gasteiger partial charge in [0.25, 0.3) is 0 Å². The number of rotatable bonds is 3. The highest BCUT2D eigenvalue weighted by molar-refractivity contribution is 5.81. The molecule has 0 saturated carbocycles. The van der Waals surface area contributed by atoms with Crippen molar-refractivity contribution in [2.24, 2.45) is 0 Å². The molecule has 18 heavy (non-hydrogen) atoms. The van der Waals surface area contributed by atoms with Crippen molar-refractivity contribution in [1.82, 2.24) is 9.97 Å². The van der Waals surface area contributed by atoms with Crippen molar-refractivity contribution in [3.63, 3.8) is 0 Å². The van der Waals surface area contributed by atoms with E-state index in [0.29, 0.717) is 0 Å². The Hall–Kier alpha value is -2.22. The highest BCUT2D eigenvalue weighted by atomic mass is 14.8. The van der Waals surface area contributed by atoms with Crippen LogP contribution in [-0.4, -0.2) is 9.97 Å². The molecule has 0 unspecified atom stereocenters. The topological polar surface area (TPSA) is 25.8 Å². The van der Waals surface area contributed by atoms with Crippen LogP contribution in [0.15, 0.2) is 61.1 Å². The first-order valence-corrected chi connectivity index (χ1v) is 6.15. The first kappa shape index (κ1) is 10.9. The monoisotopic (exact) mass is 234 g/mol. The predicted molar refractivity (Wildman–Crippen MR) is 73.4 cm³/mol. The lowest BCUT2D eigenvalue weighted by Gasteiger charge is -2.05. The quantitative estimate of drug-likeness (QED) is 0.694. The molecule has 0 aliphatic carbocycles. The van der Waals surface area contributed by atoms with Crippen LogP contribution in [0.2, 0.25) is 0 Å². The third-order valence-electron chi connectivity index (χ3n) is 3.17. The smallest absolute Gasteiger partial charge is 0.116 e. The molecule has 0 aliphatic rings. The Morgan fingerprint density at radius 2 is 1.72 bits per heavy atom. The minimum Gasteiger partial charge on any atom is -0.244 e. The van der Waals surface area contributed by atoms with E-state index in [0.717, 1.165) is 23.7 Å².